The van der Waals surface area contributed by atoms with Gasteiger partial charge in [0, 0.05) is 18.7 Å². The highest BCUT2D eigenvalue weighted by Gasteiger charge is 2.25. The lowest BCUT2D eigenvalue weighted by Crippen LogP contribution is -2.36. The van der Waals surface area contributed by atoms with Gasteiger partial charge in [0.15, 0.2) is 0 Å². The molecule has 0 aliphatic carbocycles. The van der Waals surface area contributed by atoms with Crippen LogP contribution in [-0.4, -0.2) is 22.9 Å². The number of hydrogen-bond acceptors (Lipinski definition) is 4. The van der Waals surface area contributed by atoms with Crippen LogP contribution in [0.25, 0.3) is 0 Å². The van der Waals surface area contributed by atoms with Crippen molar-refractivity contribution in [3.05, 3.63) is 39.9 Å². The molecule has 1 aromatic carbocycles. The van der Waals surface area contributed by atoms with E-state index < -0.39 is 4.92 Å². The summed E-state index contributed by atoms with van der Waals surface area (Å²) in [4.78, 5) is 12.5. The monoisotopic (exact) mass is 259 g/mol. The first-order chi connectivity index (χ1) is 9.11. The van der Waals surface area contributed by atoms with Crippen LogP contribution in [0, 0.1) is 27.4 Å². The lowest BCUT2D eigenvalue weighted by atomic mass is 9.96. The minimum atomic E-state index is -0.420. The second-order valence-corrected chi connectivity index (χ2v) is 5.13. The zero-order valence-corrected chi connectivity index (χ0v) is 11.0. The van der Waals surface area contributed by atoms with Crippen molar-refractivity contribution in [3.8, 4) is 6.07 Å². The van der Waals surface area contributed by atoms with E-state index in [1.807, 2.05) is 0 Å². The predicted octanol–water partition coefficient (Wildman–Crippen LogP) is 2.89. The first-order valence-electron chi connectivity index (χ1n) is 6.50. The minimum absolute atomic E-state index is 0.0443. The maximum Gasteiger partial charge on any atom is 0.269 e. The van der Waals surface area contributed by atoms with Gasteiger partial charge in [-0.05, 0) is 30.9 Å². The van der Waals surface area contributed by atoms with Crippen LogP contribution < -0.4 is 0 Å². The number of non-ortho nitro benzene ring substituents is 1. The third-order valence-electron chi connectivity index (χ3n) is 3.57. The van der Waals surface area contributed by atoms with E-state index >= 15 is 0 Å². The van der Waals surface area contributed by atoms with Crippen molar-refractivity contribution in [3.63, 3.8) is 0 Å². The van der Waals surface area contributed by atoms with E-state index in [4.69, 9.17) is 0 Å². The number of piperidine rings is 1. The van der Waals surface area contributed by atoms with Gasteiger partial charge >= 0.3 is 0 Å². The van der Waals surface area contributed by atoms with Crippen molar-refractivity contribution in [1.82, 2.24) is 4.90 Å². The van der Waals surface area contributed by atoms with Gasteiger partial charge in [-0.2, -0.15) is 5.26 Å². The second-order valence-electron chi connectivity index (χ2n) is 5.13. The smallest absolute Gasteiger partial charge is 0.269 e. The van der Waals surface area contributed by atoms with Gasteiger partial charge in [0.2, 0.25) is 0 Å². The fourth-order valence-corrected chi connectivity index (χ4v) is 2.64. The number of benzene rings is 1. The fraction of sp³-hybridized carbons (Fsp3) is 0.500. The quantitative estimate of drug-likeness (QED) is 0.618. The van der Waals surface area contributed by atoms with Crippen LogP contribution in [0.5, 0.6) is 0 Å². The highest BCUT2D eigenvalue weighted by atomic mass is 16.6. The average Bonchev–Trinajstić information content (AvgIpc) is 2.40. The van der Waals surface area contributed by atoms with Crippen LogP contribution in [0.3, 0.4) is 0 Å². The molecule has 1 aromatic rings. The number of likely N-dealkylation sites (tertiary alicyclic amines) is 1. The van der Waals surface area contributed by atoms with Crippen LogP contribution >= 0.6 is 0 Å². The zero-order valence-electron chi connectivity index (χ0n) is 11.0. The Balaban J connectivity index is 2.24. The molecule has 2 rings (SSSR count). The molecule has 1 heterocycles. The first kappa shape index (κ1) is 13.5. The standard InChI is InChI=1S/C14H17N3O2/c1-11-4-3-7-16(10-11)14(9-15)12-5-2-6-13(8-12)17(18)19/h2,5-6,8,11,14H,3-4,7,10H2,1H3. The van der Waals surface area contributed by atoms with Gasteiger partial charge in [0.05, 0.1) is 11.0 Å². The Morgan fingerprint density at radius 3 is 3.00 bits per heavy atom. The van der Waals surface area contributed by atoms with Crippen molar-refractivity contribution >= 4 is 5.69 Å². The van der Waals surface area contributed by atoms with E-state index in [2.05, 4.69) is 17.9 Å². The number of nitrogens with zero attached hydrogens (tertiary/aromatic N) is 3. The molecule has 0 N–H and O–H groups in total. The number of nitro groups is 1. The normalized spacial score (nSPS) is 21.6. The van der Waals surface area contributed by atoms with E-state index in [1.54, 1.807) is 12.1 Å². The van der Waals surface area contributed by atoms with Crippen molar-refractivity contribution in [2.75, 3.05) is 13.1 Å². The number of rotatable bonds is 3. The van der Waals surface area contributed by atoms with Gasteiger partial charge in [-0.15, -0.1) is 0 Å². The molecule has 0 bridgehead atoms. The second kappa shape index (κ2) is 5.81. The number of nitro benzene ring substituents is 1. The van der Waals surface area contributed by atoms with Gasteiger partial charge in [0.1, 0.15) is 6.04 Å². The third kappa shape index (κ3) is 3.09. The van der Waals surface area contributed by atoms with Crippen molar-refractivity contribution in [1.29, 1.82) is 5.26 Å². The molecule has 0 radical (unpaired) electrons. The topological polar surface area (TPSA) is 70.2 Å². The van der Waals surface area contributed by atoms with E-state index in [9.17, 15) is 15.4 Å². The Bertz CT molecular complexity index is 510. The Labute approximate surface area is 112 Å². The highest BCUT2D eigenvalue weighted by Crippen LogP contribution is 2.28. The van der Waals surface area contributed by atoms with Gasteiger partial charge in [-0.3, -0.25) is 15.0 Å². The summed E-state index contributed by atoms with van der Waals surface area (Å²) in [5.74, 6) is 0.572. The third-order valence-corrected chi connectivity index (χ3v) is 3.57. The molecule has 0 aromatic heterocycles. The largest absolute Gasteiger partial charge is 0.284 e. The molecule has 5 heteroatoms. The van der Waals surface area contributed by atoms with Crippen LogP contribution in [0.1, 0.15) is 31.4 Å². The molecule has 100 valence electrons. The molecule has 19 heavy (non-hydrogen) atoms. The van der Waals surface area contributed by atoms with Crippen LogP contribution in [0.4, 0.5) is 5.69 Å². The van der Waals surface area contributed by atoms with Crippen LogP contribution in [0.15, 0.2) is 24.3 Å². The van der Waals surface area contributed by atoms with Gasteiger partial charge in [0.25, 0.3) is 5.69 Å². The van der Waals surface area contributed by atoms with E-state index in [0.717, 1.165) is 19.5 Å². The first-order valence-corrected chi connectivity index (χ1v) is 6.50. The molecule has 2 atom stereocenters. The molecule has 1 aliphatic heterocycles. The lowest BCUT2D eigenvalue weighted by molar-refractivity contribution is -0.384. The summed E-state index contributed by atoms with van der Waals surface area (Å²) in [6.45, 7) is 3.93. The SMILES string of the molecule is CC1CCCN(C(C#N)c2cccc([N+](=O)[O-])c2)C1. The van der Waals surface area contributed by atoms with Crippen molar-refractivity contribution in [2.45, 2.75) is 25.8 Å². The Morgan fingerprint density at radius 1 is 1.58 bits per heavy atom. The van der Waals surface area contributed by atoms with E-state index in [1.165, 1.54) is 18.6 Å². The van der Waals surface area contributed by atoms with E-state index in [0.29, 0.717) is 11.5 Å². The molecule has 0 saturated carbocycles. The summed E-state index contributed by atoms with van der Waals surface area (Å²) in [6.07, 6.45) is 2.26. The van der Waals surface area contributed by atoms with Crippen molar-refractivity contribution < 1.29 is 4.92 Å². The van der Waals surface area contributed by atoms with Crippen LogP contribution in [0.2, 0.25) is 0 Å². The molecule has 5 nitrogen and oxygen atoms in total. The summed E-state index contributed by atoms with van der Waals surface area (Å²) in [5.41, 5.74) is 0.758. The minimum Gasteiger partial charge on any atom is -0.284 e. The fourth-order valence-electron chi connectivity index (χ4n) is 2.64. The summed E-state index contributed by atoms with van der Waals surface area (Å²) in [6, 6.07) is 8.29. The Kier molecular flexibility index (Phi) is 4.13. The van der Waals surface area contributed by atoms with Gasteiger partial charge in [-0.25, -0.2) is 0 Å². The molecule has 0 amide bonds. The Hall–Kier alpha value is -1.93. The lowest BCUT2D eigenvalue weighted by Gasteiger charge is -2.34. The predicted molar refractivity (Wildman–Crippen MR) is 71.4 cm³/mol. The van der Waals surface area contributed by atoms with Gasteiger partial charge in [-0.1, -0.05) is 19.1 Å². The molecule has 1 fully saturated rings. The van der Waals surface area contributed by atoms with Crippen molar-refractivity contribution in [2.24, 2.45) is 5.92 Å². The highest BCUT2D eigenvalue weighted by molar-refractivity contribution is 5.37. The van der Waals surface area contributed by atoms with E-state index in [-0.39, 0.29) is 11.7 Å². The molecule has 2 unspecified atom stereocenters. The molecular formula is C14H17N3O2. The van der Waals surface area contributed by atoms with Gasteiger partial charge < -0.3 is 0 Å². The zero-order chi connectivity index (χ0) is 13.8. The summed E-state index contributed by atoms with van der Waals surface area (Å²) < 4.78 is 0. The van der Waals surface area contributed by atoms with Crippen LogP contribution in [-0.2, 0) is 0 Å². The maximum atomic E-state index is 10.8. The summed E-state index contributed by atoms with van der Waals surface area (Å²) in [5, 5.41) is 20.2. The number of hydrogen-bond donors (Lipinski definition) is 0. The molecular weight excluding hydrogens is 242 g/mol. The molecule has 0 spiro atoms. The maximum absolute atomic E-state index is 10.8. The average molecular weight is 259 g/mol. The summed E-state index contributed by atoms with van der Waals surface area (Å²) >= 11 is 0. The number of nitriles is 1. The Morgan fingerprint density at radius 2 is 2.37 bits per heavy atom. The summed E-state index contributed by atoms with van der Waals surface area (Å²) in [7, 11) is 0. The molecule has 1 saturated heterocycles. The molecule has 1 aliphatic rings.